The first-order valence-electron chi connectivity index (χ1n) is 5.34. The Kier molecular flexibility index (Phi) is 2.82. The summed E-state index contributed by atoms with van der Waals surface area (Å²) in [5.41, 5.74) is 2.28. The molecule has 1 fully saturated rings. The van der Waals surface area contributed by atoms with Crippen LogP contribution in [-0.2, 0) is 0 Å². The Morgan fingerprint density at radius 1 is 1.47 bits per heavy atom. The van der Waals surface area contributed by atoms with Crippen molar-refractivity contribution in [2.75, 3.05) is 13.7 Å². The molecule has 0 amide bonds. The second kappa shape index (κ2) is 4.11. The number of phenolic OH excluding ortho intramolecular Hbond substituents is 1. The highest BCUT2D eigenvalue weighted by Gasteiger charge is 2.23. The molecule has 2 N–H and O–H groups in total. The minimum absolute atomic E-state index is 0.229. The lowest BCUT2D eigenvalue weighted by molar-refractivity contribution is 0.364. The van der Waals surface area contributed by atoms with E-state index < -0.39 is 0 Å². The van der Waals surface area contributed by atoms with Crippen LogP contribution in [0.3, 0.4) is 0 Å². The SMILES string of the molecule is COc1c(O)ccc(C)c1C1CCCN1. The predicted octanol–water partition coefficient (Wildman–Crippen LogP) is 2.13. The fourth-order valence-corrected chi connectivity index (χ4v) is 2.26. The molecule has 1 aromatic rings. The largest absolute Gasteiger partial charge is 0.504 e. The average molecular weight is 207 g/mol. The van der Waals surface area contributed by atoms with Crippen LogP contribution in [0.1, 0.15) is 30.0 Å². The van der Waals surface area contributed by atoms with Gasteiger partial charge in [-0.1, -0.05) is 6.07 Å². The van der Waals surface area contributed by atoms with E-state index in [9.17, 15) is 5.11 Å². The molecule has 1 atom stereocenters. The van der Waals surface area contributed by atoms with Gasteiger partial charge in [-0.3, -0.25) is 0 Å². The Morgan fingerprint density at radius 2 is 2.27 bits per heavy atom. The molecule has 1 aliphatic heterocycles. The first-order valence-corrected chi connectivity index (χ1v) is 5.34. The van der Waals surface area contributed by atoms with Crippen molar-refractivity contribution in [1.29, 1.82) is 0 Å². The number of rotatable bonds is 2. The fraction of sp³-hybridized carbons (Fsp3) is 0.500. The van der Waals surface area contributed by atoms with E-state index in [-0.39, 0.29) is 5.75 Å². The second-order valence-electron chi connectivity index (χ2n) is 4.00. The summed E-state index contributed by atoms with van der Waals surface area (Å²) in [6.45, 7) is 3.10. The minimum atomic E-state index is 0.229. The van der Waals surface area contributed by atoms with Gasteiger partial charge in [-0.2, -0.15) is 0 Å². The highest BCUT2D eigenvalue weighted by Crippen LogP contribution is 2.39. The zero-order chi connectivity index (χ0) is 10.8. The third-order valence-electron chi connectivity index (χ3n) is 3.01. The molecule has 3 nitrogen and oxygen atoms in total. The molecule has 1 aliphatic rings. The van der Waals surface area contributed by atoms with Gasteiger partial charge in [0.05, 0.1) is 7.11 Å². The molecule has 1 saturated heterocycles. The molecular weight excluding hydrogens is 190 g/mol. The number of hydrogen-bond acceptors (Lipinski definition) is 3. The van der Waals surface area contributed by atoms with E-state index >= 15 is 0 Å². The van der Waals surface area contributed by atoms with Crippen molar-refractivity contribution in [1.82, 2.24) is 5.32 Å². The third kappa shape index (κ3) is 1.79. The van der Waals surface area contributed by atoms with E-state index in [4.69, 9.17) is 4.74 Å². The van der Waals surface area contributed by atoms with Gasteiger partial charge in [-0.25, -0.2) is 0 Å². The van der Waals surface area contributed by atoms with Gasteiger partial charge in [0.15, 0.2) is 11.5 Å². The Hall–Kier alpha value is -1.22. The summed E-state index contributed by atoms with van der Waals surface area (Å²) in [6, 6.07) is 3.95. The van der Waals surface area contributed by atoms with Crippen molar-refractivity contribution in [2.24, 2.45) is 0 Å². The number of methoxy groups -OCH3 is 1. The average Bonchev–Trinajstić information content (AvgIpc) is 2.74. The minimum Gasteiger partial charge on any atom is -0.504 e. The molecular formula is C12H17NO2. The Bertz CT molecular complexity index is 357. The number of hydrogen-bond donors (Lipinski definition) is 2. The number of nitrogens with one attached hydrogen (secondary N) is 1. The van der Waals surface area contributed by atoms with Crippen molar-refractivity contribution in [3.8, 4) is 11.5 Å². The maximum Gasteiger partial charge on any atom is 0.165 e. The van der Waals surface area contributed by atoms with Gasteiger partial charge in [0, 0.05) is 11.6 Å². The van der Waals surface area contributed by atoms with Crippen molar-refractivity contribution in [3.05, 3.63) is 23.3 Å². The lowest BCUT2D eigenvalue weighted by Crippen LogP contribution is -2.15. The van der Waals surface area contributed by atoms with Crippen LogP contribution in [0.4, 0.5) is 0 Å². The number of ether oxygens (including phenoxy) is 1. The molecule has 0 spiro atoms. The van der Waals surface area contributed by atoms with Crippen LogP contribution in [0.2, 0.25) is 0 Å². The fourth-order valence-electron chi connectivity index (χ4n) is 2.26. The zero-order valence-electron chi connectivity index (χ0n) is 9.21. The zero-order valence-corrected chi connectivity index (χ0v) is 9.21. The summed E-state index contributed by atoms with van der Waals surface area (Å²) in [4.78, 5) is 0. The molecule has 15 heavy (non-hydrogen) atoms. The maximum atomic E-state index is 9.72. The van der Waals surface area contributed by atoms with Crippen molar-refractivity contribution >= 4 is 0 Å². The predicted molar refractivity (Wildman–Crippen MR) is 59.4 cm³/mol. The molecule has 0 bridgehead atoms. The molecule has 2 rings (SSSR count). The Labute approximate surface area is 90.1 Å². The van der Waals surface area contributed by atoms with E-state index in [1.54, 1.807) is 13.2 Å². The second-order valence-corrected chi connectivity index (χ2v) is 4.00. The molecule has 0 radical (unpaired) electrons. The molecule has 0 aliphatic carbocycles. The van der Waals surface area contributed by atoms with Gasteiger partial charge in [-0.05, 0) is 37.9 Å². The van der Waals surface area contributed by atoms with E-state index in [0.717, 1.165) is 18.5 Å². The third-order valence-corrected chi connectivity index (χ3v) is 3.01. The van der Waals surface area contributed by atoms with E-state index in [0.29, 0.717) is 11.8 Å². The van der Waals surface area contributed by atoms with Gasteiger partial charge < -0.3 is 15.2 Å². The van der Waals surface area contributed by atoms with Crippen LogP contribution < -0.4 is 10.1 Å². The number of aromatic hydroxyl groups is 1. The number of benzene rings is 1. The normalized spacial score (nSPS) is 20.5. The first-order chi connectivity index (χ1) is 7.24. The van der Waals surface area contributed by atoms with Gasteiger partial charge >= 0.3 is 0 Å². The van der Waals surface area contributed by atoms with E-state index in [1.807, 2.05) is 6.07 Å². The van der Waals surface area contributed by atoms with Crippen LogP contribution in [-0.4, -0.2) is 18.8 Å². The van der Waals surface area contributed by atoms with Crippen molar-refractivity contribution < 1.29 is 9.84 Å². The molecule has 1 aromatic carbocycles. The lowest BCUT2D eigenvalue weighted by Gasteiger charge is -2.18. The van der Waals surface area contributed by atoms with Crippen LogP contribution in [0.15, 0.2) is 12.1 Å². The summed E-state index contributed by atoms with van der Waals surface area (Å²) in [5, 5.41) is 13.1. The smallest absolute Gasteiger partial charge is 0.165 e. The lowest BCUT2D eigenvalue weighted by atomic mass is 9.98. The van der Waals surface area contributed by atoms with E-state index in [1.165, 1.54) is 12.0 Å². The molecule has 0 saturated carbocycles. The van der Waals surface area contributed by atoms with Crippen molar-refractivity contribution in [2.45, 2.75) is 25.8 Å². The summed E-state index contributed by atoms with van der Waals surface area (Å²) in [5.74, 6) is 0.848. The van der Waals surface area contributed by atoms with Gasteiger partial charge in [0.1, 0.15) is 0 Å². The first kappa shape index (κ1) is 10.3. The number of aryl methyl sites for hydroxylation is 1. The van der Waals surface area contributed by atoms with Gasteiger partial charge in [0.25, 0.3) is 0 Å². The summed E-state index contributed by atoms with van der Waals surface area (Å²) in [7, 11) is 1.60. The Balaban J connectivity index is 2.46. The standard InChI is InChI=1S/C12H17NO2/c1-8-5-6-10(14)12(15-2)11(8)9-4-3-7-13-9/h5-6,9,13-14H,3-4,7H2,1-2H3. The van der Waals surface area contributed by atoms with Crippen LogP contribution in [0.25, 0.3) is 0 Å². The highest BCUT2D eigenvalue weighted by molar-refractivity contribution is 5.51. The highest BCUT2D eigenvalue weighted by atomic mass is 16.5. The van der Waals surface area contributed by atoms with E-state index in [2.05, 4.69) is 12.2 Å². The molecule has 1 heterocycles. The Morgan fingerprint density at radius 3 is 2.87 bits per heavy atom. The maximum absolute atomic E-state index is 9.72. The summed E-state index contributed by atoms with van der Waals surface area (Å²) in [6.07, 6.45) is 2.30. The van der Waals surface area contributed by atoms with Crippen molar-refractivity contribution in [3.63, 3.8) is 0 Å². The molecule has 3 heteroatoms. The molecule has 82 valence electrons. The summed E-state index contributed by atoms with van der Waals surface area (Å²) >= 11 is 0. The number of phenols is 1. The monoisotopic (exact) mass is 207 g/mol. The van der Waals surface area contributed by atoms with Gasteiger partial charge in [0.2, 0.25) is 0 Å². The topological polar surface area (TPSA) is 41.5 Å². The quantitative estimate of drug-likeness (QED) is 0.780. The molecule has 0 aromatic heterocycles. The van der Waals surface area contributed by atoms with Crippen LogP contribution in [0, 0.1) is 6.92 Å². The van der Waals surface area contributed by atoms with Gasteiger partial charge in [-0.15, -0.1) is 0 Å². The molecule has 1 unspecified atom stereocenters. The summed E-state index contributed by atoms with van der Waals surface area (Å²) < 4.78 is 5.28. The van der Waals surface area contributed by atoms with Crippen LogP contribution >= 0.6 is 0 Å². The van der Waals surface area contributed by atoms with Crippen LogP contribution in [0.5, 0.6) is 11.5 Å².